The number of nitrogens with two attached hydrogens (primary N) is 1. The van der Waals surface area contributed by atoms with E-state index in [9.17, 15) is 0 Å². The summed E-state index contributed by atoms with van der Waals surface area (Å²) in [5.74, 6) is 6.97. The van der Waals surface area contributed by atoms with Gasteiger partial charge in [0.1, 0.15) is 0 Å². The number of thioether (sulfide) groups is 1. The second-order valence-electron chi connectivity index (χ2n) is 5.13. The fraction of sp³-hybridized carbons (Fsp3) is 0.750. The summed E-state index contributed by atoms with van der Waals surface area (Å²) in [5, 5.41) is 4.06. The number of hydrazine groups is 1. The van der Waals surface area contributed by atoms with Crippen molar-refractivity contribution in [1.82, 2.24) is 15.0 Å². The molecule has 0 bridgehead atoms. The molecule has 2 unspecified atom stereocenters. The van der Waals surface area contributed by atoms with Crippen LogP contribution in [0, 0.1) is 0 Å². The number of nitrogen functional groups attached to an aromatic ring is 1. The van der Waals surface area contributed by atoms with Gasteiger partial charge in [-0.25, -0.2) is 5.84 Å². The maximum absolute atomic E-state index is 5.42. The van der Waals surface area contributed by atoms with Crippen LogP contribution < -0.4 is 21.5 Å². The average molecular weight is 297 g/mol. The fourth-order valence-electron chi connectivity index (χ4n) is 2.40. The third kappa shape index (κ3) is 3.63. The van der Waals surface area contributed by atoms with E-state index in [0.29, 0.717) is 29.1 Å². The lowest BCUT2D eigenvalue weighted by molar-refractivity contribution is 0.473. The Morgan fingerprint density at radius 1 is 1.15 bits per heavy atom. The molecule has 0 saturated heterocycles. The zero-order chi connectivity index (χ0) is 14.5. The smallest absolute Gasteiger partial charge is 0.243 e. The van der Waals surface area contributed by atoms with Crippen LogP contribution >= 0.6 is 11.8 Å². The van der Waals surface area contributed by atoms with E-state index in [4.69, 9.17) is 5.84 Å². The Labute approximate surface area is 124 Å². The SMILES string of the molecule is CSC1CCCCC1Nc1nc(NN)nc(N(C)C)n1. The largest absolute Gasteiger partial charge is 0.350 e. The zero-order valence-corrected chi connectivity index (χ0v) is 13.1. The summed E-state index contributed by atoms with van der Waals surface area (Å²) < 4.78 is 0. The molecular formula is C12H23N7S. The fourth-order valence-corrected chi connectivity index (χ4v) is 3.34. The molecule has 1 aliphatic rings. The van der Waals surface area contributed by atoms with Crippen molar-refractivity contribution in [3.8, 4) is 0 Å². The first-order valence-electron chi connectivity index (χ1n) is 6.83. The molecule has 112 valence electrons. The number of nitrogens with zero attached hydrogens (tertiary/aromatic N) is 4. The van der Waals surface area contributed by atoms with Crippen molar-refractivity contribution in [1.29, 1.82) is 0 Å². The van der Waals surface area contributed by atoms with Gasteiger partial charge in [0, 0.05) is 25.4 Å². The normalized spacial score (nSPS) is 22.4. The molecule has 1 fully saturated rings. The molecule has 0 spiro atoms. The standard InChI is InChI=1S/C12H23N7S/c1-19(2)12-16-10(15-11(17-12)18-13)14-8-6-4-5-7-9(8)20-3/h8-9H,4-7,13H2,1-3H3,(H2,14,15,16,17,18). The molecule has 7 nitrogen and oxygen atoms in total. The quantitative estimate of drug-likeness (QED) is 0.553. The number of anilines is 3. The summed E-state index contributed by atoms with van der Waals surface area (Å²) in [6, 6.07) is 0.404. The zero-order valence-electron chi connectivity index (χ0n) is 12.3. The molecule has 0 aromatic carbocycles. The summed E-state index contributed by atoms with van der Waals surface area (Å²) in [4.78, 5) is 14.8. The minimum absolute atomic E-state index is 0.378. The Kier molecular flexibility index (Phi) is 5.24. The third-order valence-electron chi connectivity index (χ3n) is 3.47. The maximum atomic E-state index is 5.42. The van der Waals surface area contributed by atoms with Gasteiger partial charge in [-0.2, -0.15) is 26.7 Å². The van der Waals surface area contributed by atoms with E-state index in [2.05, 4.69) is 32.0 Å². The number of hydrogen-bond donors (Lipinski definition) is 3. The molecule has 2 rings (SSSR count). The van der Waals surface area contributed by atoms with Gasteiger partial charge in [-0.3, -0.25) is 5.43 Å². The predicted octanol–water partition coefficient (Wildman–Crippen LogP) is 1.31. The first-order valence-corrected chi connectivity index (χ1v) is 8.12. The topological polar surface area (TPSA) is 92.0 Å². The number of aromatic nitrogens is 3. The van der Waals surface area contributed by atoms with Gasteiger partial charge in [0.25, 0.3) is 0 Å². The Morgan fingerprint density at radius 2 is 1.85 bits per heavy atom. The average Bonchev–Trinajstić information content (AvgIpc) is 2.47. The lowest BCUT2D eigenvalue weighted by Crippen LogP contribution is -2.35. The van der Waals surface area contributed by atoms with Crippen LogP contribution in [0.15, 0.2) is 0 Å². The molecule has 1 saturated carbocycles. The van der Waals surface area contributed by atoms with Crippen LogP contribution in [0.1, 0.15) is 25.7 Å². The Balaban J connectivity index is 2.16. The van der Waals surface area contributed by atoms with E-state index < -0.39 is 0 Å². The number of nitrogens with one attached hydrogen (secondary N) is 2. The molecular weight excluding hydrogens is 274 g/mol. The Morgan fingerprint density at radius 3 is 2.50 bits per heavy atom. The number of rotatable bonds is 5. The van der Waals surface area contributed by atoms with Gasteiger partial charge in [0.05, 0.1) is 0 Å². The van der Waals surface area contributed by atoms with Gasteiger partial charge in [-0.15, -0.1) is 0 Å². The minimum atomic E-state index is 0.378. The third-order valence-corrected chi connectivity index (χ3v) is 4.64. The van der Waals surface area contributed by atoms with Crippen LogP contribution in [0.5, 0.6) is 0 Å². The molecule has 0 aliphatic heterocycles. The highest BCUT2D eigenvalue weighted by atomic mass is 32.2. The van der Waals surface area contributed by atoms with Crippen molar-refractivity contribution < 1.29 is 0 Å². The molecule has 0 amide bonds. The van der Waals surface area contributed by atoms with Gasteiger partial charge in [0.15, 0.2) is 0 Å². The highest BCUT2D eigenvalue weighted by Crippen LogP contribution is 2.29. The number of hydrogen-bond acceptors (Lipinski definition) is 8. The first-order chi connectivity index (χ1) is 9.63. The Bertz CT molecular complexity index is 440. The monoisotopic (exact) mass is 297 g/mol. The summed E-state index contributed by atoms with van der Waals surface area (Å²) in [6.07, 6.45) is 7.12. The van der Waals surface area contributed by atoms with E-state index >= 15 is 0 Å². The summed E-state index contributed by atoms with van der Waals surface area (Å²) in [7, 11) is 3.79. The van der Waals surface area contributed by atoms with Crippen molar-refractivity contribution in [2.24, 2.45) is 5.84 Å². The van der Waals surface area contributed by atoms with E-state index in [0.717, 1.165) is 6.42 Å². The van der Waals surface area contributed by atoms with Crippen molar-refractivity contribution in [3.05, 3.63) is 0 Å². The summed E-state index contributed by atoms with van der Waals surface area (Å²) in [6.45, 7) is 0. The highest BCUT2D eigenvalue weighted by molar-refractivity contribution is 7.99. The molecule has 8 heteroatoms. The molecule has 1 aromatic heterocycles. The second-order valence-corrected chi connectivity index (χ2v) is 6.21. The van der Waals surface area contributed by atoms with E-state index in [1.807, 2.05) is 30.8 Å². The van der Waals surface area contributed by atoms with E-state index in [-0.39, 0.29) is 0 Å². The van der Waals surface area contributed by atoms with Crippen LogP contribution in [-0.2, 0) is 0 Å². The first kappa shape index (κ1) is 15.1. The summed E-state index contributed by atoms with van der Waals surface area (Å²) in [5.41, 5.74) is 2.49. The van der Waals surface area contributed by atoms with Crippen molar-refractivity contribution in [3.63, 3.8) is 0 Å². The van der Waals surface area contributed by atoms with Crippen LogP contribution in [-0.4, -0.2) is 46.6 Å². The van der Waals surface area contributed by atoms with Crippen molar-refractivity contribution in [2.45, 2.75) is 37.0 Å². The maximum Gasteiger partial charge on any atom is 0.243 e. The van der Waals surface area contributed by atoms with Crippen LogP contribution in [0.4, 0.5) is 17.8 Å². The molecule has 2 atom stereocenters. The van der Waals surface area contributed by atoms with Gasteiger partial charge in [0.2, 0.25) is 17.8 Å². The molecule has 1 heterocycles. The van der Waals surface area contributed by atoms with Crippen LogP contribution in [0.3, 0.4) is 0 Å². The molecule has 1 aromatic rings. The lowest BCUT2D eigenvalue weighted by atomic mass is 9.95. The summed E-state index contributed by atoms with van der Waals surface area (Å²) >= 11 is 1.91. The lowest BCUT2D eigenvalue weighted by Gasteiger charge is -2.31. The van der Waals surface area contributed by atoms with Crippen molar-refractivity contribution >= 4 is 29.6 Å². The second kappa shape index (κ2) is 6.94. The van der Waals surface area contributed by atoms with Gasteiger partial charge >= 0.3 is 0 Å². The molecule has 20 heavy (non-hydrogen) atoms. The van der Waals surface area contributed by atoms with Crippen molar-refractivity contribution in [2.75, 3.05) is 36.0 Å². The highest BCUT2D eigenvalue weighted by Gasteiger charge is 2.25. The van der Waals surface area contributed by atoms with Gasteiger partial charge in [-0.05, 0) is 19.1 Å². The van der Waals surface area contributed by atoms with Gasteiger partial charge < -0.3 is 10.2 Å². The minimum Gasteiger partial charge on any atom is -0.350 e. The van der Waals surface area contributed by atoms with E-state index in [1.54, 1.807) is 0 Å². The predicted molar refractivity (Wildman–Crippen MR) is 85.1 cm³/mol. The van der Waals surface area contributed by atoms with E-state index in [1.165, 1.54) is 19.3 Å². The molecule has 1 aliphatic carbocycles. The van der Waals surface area contributed by atoms with Crippen LogP contribution in [0.25, 0.3) is 0 Å². The molecule has 0 radical (unpaired) electrons. The molecule has 4 N–H and O–H groups in total. The van der Waals surface area contributed by atoms with Crippen LogP contribution in [0.2, 0.25) is 0 Å². The van der Waals surface area contributed by atoms with Gasteiger partial charge in [-0.1, -0.05) is 12.8 Å². The Hall–Kier alpha value is -1.28.